The van der Waals surface area contributed by atoms with Gasteiger partial charge in [-0.05, 0) is 48.6 Å². The molecule has 0 aliphatic carbocycles. The van der Waals surface area contributed by atoms with Crippen LogP contribution in [0.3, 0.4) is 0 Å². The molecule has 0 radical (unpaired) electrons. The third-order valence-corrected chi connectivity index (χ3v) is 6.56. The Bertz CT molecular complexity index is 716. The van der Waals surface area contributed by atoms with E-state index in [1.165, 1.54) is 41.1 Å². The largest absolute Gasteiger partial charge is 0.496 e. The van der Waals surface area contributed by atoms with Crippen molar-refractivity contribution in [2.24, 2.45) is 5.41 Å². The number of benzene rings is 2. The van der Waals surface area contributed by atoms with E-state index in [-0.39, 0.29) is 0 Å². The Balaban J connectivity index is 0.00000126. The van der Waals surface area contributed by atoms with E-state index in [1.54, 1.807) is 7.11 Å². The van der Waals surface area contributed by atoms with E-state index >= 15 is 0 Å². The second-order valence-corrected chi connectivity index (χ2v) is 8.43. The molecule has 2 nitrogen and oxygen atoms in total. The average molecular weight is 386 g/mol. The molecule has 0 saturated heterocycles. The maximum Gasteiger partial charge on any atom is 0.123 e. The molecule has 0 saturated carbocycles. The van der Waals surface area contributed by atoms with Gasteiger partial charge in [0.1, 0.15) is 5.75 Å². The zero-order valence-corrected chi connectivity index (χ0v) is 18.7. The second kappa shape index (κ2) is 10.1. The van der Waals surface area contributed by atoms with Gasteiger partial charge in [-0.3, -0.25) is 0 Å². The molecule has 1 aliphatic rings. The summed E-state index contributed by atoms with van der Waals surface area (Å²) < 4.78 is 5.58. The third-order valence-electron chi connectivity index (χ3n) is 5.08. The number of thioether (sulfide) groups is 1. The lowest BCUT2D eigenvalue weighted by molar-refractivity contribution is 0.343. The number of fused-ring (bicyclic) bond motifs is 1. The molecule has 0 amide bonds. The van der Waals surface area contributed by atoms with Crippen LogP contribution < -0.4 is 9.64 Å². The fourth-order valence-corrected chi connectivity index (χ4v) is 4.81. The third kappa shape index (κ3) is 5.22. The molecule has 1 aliphatic heterocycles. The Morgan fingerprint density at radius 1 is 1.15 bits per heavy atom. The van der Waals surface area contributed by atoms with Gasteiger partial charge in [-0.25, -0.2) is 0 Å². The van der Waals surface area contributed by atoms with Crippen molar-refractivity contribution in [3.63, 3.8) is 0 Å². The molecule has 1 unspecified atom stereocenters. The van der Waals surface area contributed by atoms with Crippen LogP contribution >= 0.6 is 11.8 Å². The number of anilines is 2. The Hall–Kier alpha value is -1.61. The molecule has 0 spiro atoms. The monoisotopic (exact) mass is 385 g/mol. The van der Waals surface area contributed by atoms with Gasteiger partial charge in [0.15, 0.2) is 0 Å². The number of rotatable bonds is 5. The fraction of sp³-hybridized carbons (Fsp3) is 0.500. The van der Waals surface area contributed by atoms with Crippen LogP contribution in [-0.4, -0.2) is 19.4 Å². The molecule has 0 fully saturated rings. The van der Waals surface area contributed by atoms with E-state index in [4.69, 9.17) is 4.74 Å². The predicted molar refractivity (Wildman–Crippen MR) is 121 cm³/mol. The SMILES string of the molecule is CC.CCCCC1(C)CSc2cc(OC)c(C)cc2N(c2ccccc2)C1. The first-order valence-electron chi connectivity index (χ1n) is 10.2. The van der Waals surface area contributed by atoms with Crippen LogP contribution in [0.1, 0.15) is 52.5 Å². The summed E-state index contributed by atoms with van der Waals surface area (Å²) in [5, 5.41) is 0. The van der Waals surface area contributed by atoms with Crippen LogP contribution in [0.15, 0.2) is 47.4 Å². The van der Waals surface area contributed by atoms with Gasteiger partial charge in [-0.1, -0.05) is 58.7 Å². The van der Waals surface area contributed by atoms with Crippen LogP contribution in [0.25, 0.3) is 0 Å². The van der Waals surface area contributed by atoms with E-state index in [0.717, 1.165) is 18.0 Å². The first-order valence-corrected chi connectivity index (χ1v) is 11.2. The van der Waals surface area contributed by atoms with Crippen molar-refractivity contribution in [1.82, 2.24) is 0 Å². The number of para-hydroxylation sites is 1. The molecule has 2 aromatic carbocycles. The lowest BCUT2D eigenvalue weighted by Crippen LogP contribution is -2.33. The second-order valence-electron chi connectivity index (χ2n) is 7.41. The topological polar surface area (TPSA) is 12.5 Å². The van der Waals surface area contributed by atoms with Gasteiger partial charge in [0.25, 0.3) is 0 Å². The van der Waals surface area contributed by atoms with Crippen LogP contribution in [0.4, 0.5) is 11.4 Å². The molecule has 148 valence electrons. The molecule has 3 rings (SSSR count). The van der Waals surface area contributed by atoms with Gasteiger partial charge in [0, 0.05) is 22.9 Å². The van der Waals surface area contributed by atoms with E-state index in [1.807, 2.05) is 25.6 Å². The number of hydrogen-bond acceptors (Lipinski definition) is 3. The van der Waals surface area contributed by atoms with Gasteiger partial charge in [0.2, 0.25) is 0 Å². The van der Waals surface area contributed by atoms with Crippen molar-refractivity contribution in [1.29, 1.82) is 0 Å². The summed E-state index contributed by atoms with van der Waals surface area (Å²) in [5.41, 5.74) is 4.09. The number of methoxy groups -OCH3 is 1. The highest BCUT2D eigenvalue weighted by Crippen LogP contribution is 2.46. The van der Waals surface area contributed by atoms with Crippen molar-refractivity contribution in [3.8, 4) is 5.75 Å². The highest BCUT2D eigenvalue weighted by atomic mass is 32.2. The number of hydrogen-bond donors (Lipinski definition) is 0. The molecule has 1 heterocycles. The van der Waals surface area contributed by atoms with Crippen LogP contribution in [-0.2, 0) is 0 Å². The highest BCUT2D eigenvalue weighted by Gasteiger charge is 2.32. The minimum Gasteiger partial charge on any atom is -0.496 e. The molecule has 3 heteroatoms. The van der Waals surface area contributed by atoms with E-state index in [0.29, 0.717) is 5.41 Å². The minimum absolute atomic E-state index is 0.302. The van der Waals surface area contributed by atoms with Crippen LogP contribution in [0.2, 0.25) is 0 Å². The molecule has 1 atom stereocenters. The number of ether oxygens (including phenoxy) is 1. The maximum atomic E-state index is 5.58. The number of unbranched alkanes of at least 4 members (excludes halogenated alkanes) is 1. The highest BCUT2D eigenvalue weighted by molar-refractivity contribution is 7.99. The molecule has 2 aromatic rings. The molecular formula is C24H35NOS. The van der Waals surface area contributed by atoms with Gasteiger partial charge < -0.3 is 9.64 Å². The Morgan fingerprint density at radius 3 is 2.48 bits per heavy atom. The zero-order valence-electron chi connectivity index (χ0n) is 17.8. The fourth-order valence-electron chi connectivity index (χ4n) is 3.56. The first kappa shape index (κ1) is 21.7. The number of nitrogens with zero attached hydrogens (tertiary/aromatic N) is 1. The summed E-state index contributed by atoms with van der Waals surface area (Å²) in [5.74, 6) is 2.13. The van der Waals surface area contributed by atoms with Crippen LogP contribution in [0.5, 0.6) is 5.75 Å². The van der Waals surface area contributed by atoms with Crippen LogP contribution in [0, 0.1) is 12.3 Å². The van der Waals surface area contributed by atoms with Gasteiger partial charge in [-0.15, -0.1) is 11.8 Å². The lowest BCUT2D eigenvalue weighted by atomic mass is 9.86. The Labute approximate surface area is 170 Å². The van der Waals surface area contributed by atoms with Crippen molar-refractivity contribution in [2.75, 3.05) is 24.3 Å². The summed E-state index contributed by atoms with van der Waals surface area (Å²) in [4.78, 5) is 3.84. The smallest absolute Gasteiger partial charge is 0.123 e. The summed E-state index contributed by atoms with van der Waals surface area (Å²) in [6.45, 7) is 11.9. The summed E-state index contributed by atoms with van der Waals surface area (Å²) in [7, 11) is 1.76. The minimum atomic E-state index is 0.302. The number of aryl methyl sites for hydroxylation is 1. The quantitative estimate of drug-likeness (QED) is 0.529. The zero-order chi connectivity index (χ0) is 19.9. The van der Waals surface area contributed by atoms with Crippen molar-refractivity contribution < 1.29 is 4.74 Å². The maximum absolute atomic E-state index is 5.58. The van der Waals surface area contributed by atoms with Crippen molar-refractivity contribution in [3.05, 3.63) is 48.0 Å². The average Bonchev–Trinajstić information content (AvgIpc) is 2.85. The molecular weight excluding hydrogens is 350 g/mol. The predicted octanol–water partition coefficient (Wildman–Crippen LogP) is 7.47. The first-order chi connectivity index (χ1) is 13.1. The Morgan fingerprint density at radius 2 is 1.85 bits per heavy atom. The van der Waals surface area contributed by atoms with Gasteiger partial charge >= 0.3 is 0 Å². The summed E-state index contributed by atoms with van der Waals surface area (Å²) in [6.07, 6.45) is 3.81. The molecule has 0 bridgehead atoms. The summed E-state index contributed by atoms with van der Waals surface area (Å²) in [6, 6.07) is 15.3. The molecule has 0 aromatic heterocycles. The standard InChI is InChI=1S/C22H29NOS.C2H6/c1-5-6-12-22(3)15-23(18-10-8-7-9-11-18)19-13-17(2)20(24-4)14-21(19)25-16-22;1-2/h7-11,13-14H,5-6,12,15-16H2,1-4H3;1-2H3. The molecule has 0 N–H and O–H groups in total. The molecule has 27 heavy (non-hydrogen) atoms. The van der Waals surface area contributed by atoms with E-state index < -0.39 is 0 Å². The van der Waals surface area contributed by atoms with Crippen molar-refractivity contribution in [2.45, 2.75) is 58.8 Å². The van der Waals surface area contributed by atoms with E-state index in [9.17, 15) is 0 Å². The Kier molecular flexibility index (Phi) is 8.09. The normalized spacial score (nSPS) is 18.8. The van der Waals surface area contributed by atoms with Gasteiger partial charge in [-0.2, -0.15) is 0 Å². The summed E-state index contributed by atoms with van der Waals surface area (Å²) >= 11 is 1.98. The lowest BCUT2D eigenvalue weighted by Gasteiger charge is -2.34. The van der Waals surface area contributed by atoms with Gasteiger partial charge in [0.05, 0.1) is 12.8 Å². The van der Waals surface area contributed by atoms with E-state index in [2.05, 4.69) is 68.1 Å². The van der Waals surface area contributed by atoms with Crippen molar-refractivity contribution >= 4 is 23.1 Å².